The SMILES string of the molecule is CCCNC(c1nccn1CC)C1CCC(C)CC1. The van der Waals surface area contributed by atoms with E-state index in [1.807, 2.05) is 6.20 Å². The number of aryl methyl sites for hydroxylation is 1. The molecule has 1 N–H and O–H groups in total. The summed E-state index contributed by atoms with van der Waals surface area (Å²) in [5.41, 5.74) is 0. The van der Waals surface area contributed by atoms with Gasteiger partial charge in [0.25, 0.3) is 0 Å². The molecule has 2 rings (SSSR count). The molecule has 1 aliphatic carbocycles. The van der Waals surface area contributed by atoms with E-state index in [0.717, 1.165) is 24.9 Å². The predicted octanol–water partition coefficient (Wildman–Crippen LogP) is 3.77. The molecule has 1 fully saturated rings. The summed E-state index contributed by atoms with van der Waals surface area (Å²) in [6, 6.07) is 0.447. The molecule has 3 nitrogen and oxygen atoms in total. The molecule has 0 bridgehead atoms. The second kappa shape index (κ2) is 7.09. The van der Waals surface area contributed by atoms with Gasteiger partial charge in [0.05, 0.1) is 6.04 Å². The van der Waals surface area contributed by atoms with Crippen LogP contribution in [0.3, 0.4) is 0 Å². The number of nitrogens with zero attached hydrogens (tertiary/aromatic N) is 2. The molecule has 0 saturated heterocycles. The first-order valence-electron chi connectivity index (χ1n) is 8.00. The largest absolute Gasteiger partial charge is 0.334 e. The van der Waals surface area contributed by atoms with Crippen LogP contribution in [-0.4, -0.2) is 16.1 Å². The standard InChI is InChI=1S/C16H29N3/c1-4-10-17-15(14-8-6-13(3)7-9-14)16-18-11-12-19(16)5-2/h11-15,17H,4-10H2,1-3H3. The van der Waals surface area contributed by atoms with Crippen molar-refractivity contribution in [1.82, 2.24) is 14.9 Å². The van der Waals surface area contributed by atoms with Crippen LogP contribution in [0.4, 0.5) is 0 Å². The van der Waals surface area contributed by atoms with Crippen LogP contribution in [0.1, 0.15) is 64.7 Å². The average molecular weight is 263 g/mol. The lowest BCUT2D eigenvalue weighted by molar-refractivity contribution is 0.223. The monoisotopic (exact) mass is 263 g/mol. The number of hydrogen-bond donors (Lipinski definition) is 1. The minimum atomic E-state index is 0.447. The second-order valence-electron chi connectivity index (χ2n) is 6.02. The summed E-state index contributed by atoms with van der Waals surface area (Å²) in [6.07, 6.45) is 10.7. The third kappa shape index (κ3) is 3.59. The molecule has 0 radical (unpaired) electrons. The average Bonchev–Trinajstić information content (AvgIpc) is 2.89. The Hall–Kier alpha value is -0.830. The van der Waals surface area contributed by atoms with Gasteiger partial charge in [-0.3, -0.25) is 0 Å². The van der Waals surface area contributed by atoms with Crippen LogP contribution < -0.4 is 5.32 Å². The fraction of sp³-hybridized carbons (Fsp3) is 0.812. The van der Waals surface area contributed by atoms with Crippen molar-refractivity contribution >= 4 is 0 Å². The number of rotatable bonds is 6. The highest BCUT2D eigenvalue weighted by molar-refractivity contribution is 5.02. The lowest BCUT2D eigenvalue weighted by atomic mass is 9.79. The molecule has 1 saturated carbocycles. The first-order chi connectivity index (χ1) is 9.26. The van der Waals surface area contributed by atoms with Crippen LogP contribution in [0.25, 0.3) is 0 Å². The molecule has 0 amide bonds. The summed E-state index contributed by atoms with van der Waals surface area (Å²) in [6.45, 7) is 8.93. The van der Waals surface area contributed by atoms with Gasteiger partial charge in [0.15, 0.2) is 0 Å². The Morgan fingerprint density at radius 1 is 1.32 bits per heavy atom. The van der Waals surface area contributed by atoms with Crippen LogP contribution in [-0.2, 0) is 6.54 Å². The zero-order chi connectivity index (χ0) is 13.7. The highest BCUT2D eigenvalue weighted by Crippen LogP contribution is 2.36. The third-order valence-corrected chi connectivity index (χ3v) is 4.51. The van der Waals surface area contributed by atoms with Crippen molar-refractivity contribution in [3.63, 3.8) is 0 Å². The van der Waals surface area contributed by atoms with Gasteiger partial charge in [-0.15, -0.1) is 0 Å². The molecular weight excluding hydrogens is 234 g/mol. The molecule has 0 spiro atoms. The Bertz CT molecular complexity index is 364. The molecule has 1 atom stereocenters. The smallest absolute Gasteiger partial charge is 0.126 e. The van der Waals surface area contributed by atoms with Gasteiger partial charge in [-0.05, 0) is 44.6 Å². The van der Waals surface area contributed by atoms with Gasteiger partial charge in [0.1, 0.15) is 5.82 Å². The van der Waals surface area contributed by atoms with Crippen molar-refractivity contribution in [3.8, 4) is 0 Å². The Balaban J connectivity index is 2.11. The van der Waals surface area contributed by atoms with E-state index >= 15 is 0 Å². The summed E-state index contributed by atoms with van der Waals surface area (Å²) >= 11 is 0. The zero-order valence-corrected chi connectivity index (χ0v) is 12.7. The molecule has 1 heterocycles. The molecule has 3 heteroatoms. The van der Waals surface area contributed by atoms with Gasteiger partial charge in [-0.1, -0.05) is 26.7 Å². The molecule has 1 aliphatic rings. The van der Waals surface area contributed by atoms with E-state index in [4.69, 9.17) is 0 Å². The molecule has 1 aromatic heterocycles. The fourth-order valence-corrected chi connectivity index (χ4v) is 3.25. The third-order valence-electron chi connectivity index (χ3n) is 4.51. The Morgan fingerprint density at radius 2 is 2.05 bits per heavy atom. The number of hydrogen-bond acceptors (Lipinski definition) is 2. The van der Waals surface area contributed by atoms with E-state index in [0.29, 0.717) is 6.04 Å². The number of aromatic nitrogens is 2. The van der Waals surface area contributed by atoms with Crippen LogP contribution >= 0.6 is 0 Å². The second-order valence-corrected chi connectivity index (χ2v) is 6.02. The molecule has 0 aliphatic heterocycles. The Labute approximate surface area is 117 Å². The summed E-state index contributed by atoms with van der Waals surface area (Å²) < 4.78 is 2.30. The van der Waals surface area contributed by atoms with Crippen molar-refractivity contribution in [2.75, 3.05) is 6.54 Å². The maximum atomic E-state index is 4.63. The van der Waals surface area contributed by atoms with Crippen molar-refractivity contribution < 1.29 is 0 Å². The fourth-order valence-electron chi connectivity index (χ4n) is 3.25. The molecular formula is C16H29N3. The van der Waals surface area contributed by atoms with E-state index in [9.17, 15) is 0 Å². The molecule has 1 aromatic rings. The van der Waals surface area contributed by atoms with E-state index in [1.165, 1.54) is 37.9 Å². The number of nitrogens with one attached hydrogen (secondary N) is 1. The van der Waals surface area contributed by atoms with E-state index in [-0.39, 0.29) is 0 Å². The van der Waals surface area contributed by atoms with Crippen molar-refractivity contribution in [1.29, 1.82) is 0 Å². The first kappa shape index (κ1) is 14.6. The van der Waals surface area contributed by atoms with Gasteiger partial charge in [0.2, 0.25) is 0 Å². The Morgan fingerprint density at radius 3 is 2.68 bits per heavy atom. The first-order valence-corrected chi connectivity index (χ1v) is 8.00. The van der Waals surface area contributed by atoms with Crippen molar-refractivity contribution in [2.45, 2.75) is 65.5 Å². The number of imidazole rings is 1. The molecule has 0 aromatic carbocycles. The van der Waals surface area contributed by atoms with Crippen LogP contribution in [0.15, 0.2) is 12.4 Å². The van der Waals surface area contributed by atoms with E-state index in [2.05, 4.69) is 41.8 Å². The zero-order valence-electron chi connectivity index (χ0n) is 12.7. The normalized spacial score (nSPS) is 25.4. The summed E-state index contributed by atoms with van der Waals surface area (Å²) in [5.74, 6) is 2.92. The minimum Gasteiger partial charge on any atom is -0.334 e. The van der Waals surface area contributed by atoms with E-state index < -0.39 is 0 Å². The van der Waals surface area contributed by atoms with Crippen molar-refractivity contribution in [3.05, 3.63) is 18.2 Å². The van der Waals surface area contributed by atoms with Gasteiger partial charge < -0.3 is 9.88 Å². The van der Waals surface area contributed by atoms with Gasteiger partial charge in [-0.25, -0.2) is 4.98 Å². The molecule has 108 valence electrons. The summed E-state index contributed by atoms with van der Waals surface area (Å²) in [5, 5.41) is 3.75. The maximum absolute atomic E-state index is 4.63. The molecule has 19 heavy (non-hydrogen) atoms. The van der Waals surface area contributed by atoms with Gasteiger partial charge in [0, 0.05) is 18.9 Å². The Kier molecular flexibility index (Phi) is 5.44. The van der Waals surface area contributed by atoms with Crippen molar-refractivity contribution in [2.24, 2.45) is 11.8 Å². The summed E-state index contributed by atoms with van der Waals surface area (Å²) in [7, 11) is 0. The highest BCUT2D eigenvalue weighted by Gasteiger charge is 2.29. The maximum Gasteiger partial charge on any atom is 0.126 e. The van der Waals surface area contributed by atoms with Crippen LogP contribution in [0.5, 0.6) is 0 Å². The van der Waals surface area contributed by atoms with Crippen LogP contribution in [0.2, 0.25) is 0 Å². The molecule has 1 unspecified atom stereocenters. The quantitative estimate of drug-likeness (QED) is 0.846. The van der Waals surface area contributed by atoms with Gasteiger partial charge >= 0.3 is 0 Å². The van der Waals surface area contributed by atoms with Gasteiger partial charge in [-0.2, -0.15) is 0 Å². The lowest BCUT2D eigenvalue weighted by Gasteiger charge is -2.33. The predicted molar refractivity (Wildman–Crippen MR) is 80.1 cm³/mol. The lowest BCUT2D eigenvalue weighted by Crippen LogP contribution is -2.33. The minimum absolute atomic E-state index is 0.447. The summed E-state index contributed by atoms with van der Waals surface area (Å²) in [4.78, 5) is 4.63. The van der Waals surface area contributed by atoms with Crippen LogP contribution in [0, 0.1) is 11.8 Å². The highest BCUT2D eigenvalue weighted by atomic mass is 15.1. The van der Waals surface area contributed by atoms with E-state index in [1.54, 1.807) is 0 Å². The topological polar surface area (TPSA) is 29.9 Å².